The van der Waals surface area contributed by atoms with Crippen molar-refractivity contribution in [3.63, 3.8) is 0 Å². The number of hydrogen-bond acceptors (Lipinski definition) is 5. The second kappa shape index (κ2) is 7.79. The third-order valence-electron chi connectivity index (χ3n) is 3.91. The van der Waals surface area contributed by atoms with Gasteiger partial charge in [0.1, 0.15) is 17.3 Å². The summed E-state index contributed by atoms with van der Waals surface area (Å²) >= 11 is 0. The monoisotopic (exact) mass is 327 g/mol. The predicted molar refractivity (Wildman–Crippen MR) is 91.4 cm³/mol. The summed E-state index contributed by atoms with van der Waals surface area (Å²) in [5.74, 6) is 1.43. The molecule has 0 radical (unpaired) electrons. The predicted octanol–water partition coefficient (Wildman–Crippen LogP) is 1.86. The molecule has 1 aromatic heterocycles. The van der Waals surface area contributed by atoms with Crippen LogP contribution in [0.25, 0.3) is 0 Å². The Morgan fingerprint density at radius 3 is 2.67 bits per heavy atom. The fourth-order valence-electron chi connectivity index (χ4n) is 2.53. The van der Waals surface area contributed by atoms with Gasteiger partial charge >= 0.3 is 0 Å². The number of carbonyl (C=O) groups is 1. The van der Waals surface area contributed by atoms with Crippen LogP contribution >= 0.6 is 0 Å². The van der Waals surface area contributed by atoms with Gasteiger partial charge in [0.05, 0.1) is 20.3 Å². The minimum absolute atomic E-state index is 0.180. The molecule has 0 aliphatic carbocycles. The minimum Gasteiger partial charge on any atom is -0.497 e. The topological polar surface area (TPSA) is 63.7 Å². The molecule has 1 aliphatic heterocycles. The number of benzene rings is 1. The van der Waals surface area contributed by atoms with Gasteiger partial charge in [-0.1, -0.05) is 18.2 Å². The molecule has 2 heterocycles. The molecule has 1 N–H and O–H groups in total. The van der Waals surface area contributed by atoms with Crippen molar-refractivity contribution in [3.05, 3.63) is 53.7 Å². The lowest BCUT2D eigenvalue weighted by Gasteiger charge is -2.27. The number of amides is 1. The standard InChI is InChI=1S/C18H21N3O3/c1-23-15-7-5-14(6-8-15)13-19-18(22)16-3-2-4-17(20-16)21-9-11-24-12-10-21/h2-8H,9-13H2,1H3,(H,19,22). The molecule has 6 heteroatoms. The van der Waals surface area contributed by atoms with Gasteiger partial charge in [-0.3, -0.25) is 4.79 Å². The van der Waals surface area contributed by atoms with Gasteiger partial charge in [0.25, 0.3) is 5.91 Å². The van der Waals surface area contributed by atoms with Crippen molar-refractivity contribution in [2.75, 3.05) is 38.3 Å². The Morgan fingerprint density at radius 1 is 1.21 bits per heavy atom. The zero-order valence-electron chi connectivity index (χ0n) is 13.7. The first-order valence-electron chi connectivity index (χ1n) is 7.97. The fraction of sp³-hybridized carbons (Fsp3) is 0.333. The van der Waals surface area contributed by atoms with Crippen LogP contribution < -0.4 is 15.0 Å². The van der Waals surface area contributed by atoms with Crippen LogP contribution in [0.3, 0.4) is 0 Å². The quantitative estimate of drug-likeness (QED) is 0.908. The van der Waals surface area contributed by atoms with Crippen molar-refractivity contribution in [3.8, 4) is 5.75 Å². The van der Waals surface area contributed by atoms with E-state index in [2.05, 4.69) is 15.2 Å². The lowest BCUT2D eigenvalue weighted by atomic mass is 10.2. The number of morpholine rings is 1. The SMILES string of the molecule is COc1ccc(CNC(=O)c2cccc(N3CCOCC3)n2)cc1. The highest BCUT2D eigenvalue weighted by Crippen LogP contribution is 2.14. The third kappa shape index (κ3) is 4.02. The Balaban J connectivity index is 1.61. The van der Waals surface area contributed by atoms with Gasteiger partial charge < -0.3 is 19.7 Å². The average molecular weight is 327 g/mol. The number of nitrogens with zero attached hydrogens (tertiary/aromatic N) is 2. The molecule has 1 fully saturated rings. The average Bonchev–Trinajstić information content (AvgIpc) is 2.67. The van der Waals surface area contributed by atoms with Crippen LogP contribution in [0.5, 0.6) is 5.75 Å². The first-order chi connectivity index (χ1) is 11.8. The number of anilines is 1. The maximum absolute atomic E-state index is 12.3. The molecule has 1 saturated heterocycles. The Hall–Kier alpha value is -2.60. The van der Waals surface area contributed by atoms with Gasteiger partial charge in [-0.25, -0.2) is 4.98 Å². The first kappa shape index (κ1) is 16.3. The normalized spacial score (nSPS) is 14.3. The highest BCUT2D eigenvalue weighted by atomic mass is 16.5. The summed E-state index contributed by atoms with van der Waals surface area (Å²) in [6.45, 7) is 3.42. The Kier molecular flexibility index (Phi) is 5.28. The number of pyridine rings is 1. The van der Waals surface area contributed by atoms with Gasteiger partial charge in [-0.15, -0.1) is 0 Å². The van der Waals surface area contributed by atoms with E-state index in [9.17, 15) is 4.79 Å². The van der Waals surface area contributed by atoms with Crippen LogP contribution in [-0.2, 0) is 11.3 Å². The molecule has 1 amide bonds. The van der Waals surface area contributed by atoms with E-state index in [1.165, 1.54) is 0 Å². The van der Waals surface area contributed by atoms with Crippen molar-refractivity contribution in [2.45, 2.75) is 6.54 Å². The van der Waals surface area contributed by atoms with Crippen LogP contribution in [0.4, 0.5) is 5.82 Å². The van der Waals surface area contributed by atoms with E-state index >= 15 is 0 Å². The fourth-order valence-corrected chi connectivity index (χ4v) is 2.53. The molecular weight excluding hydrogens is 306 g/mol. The summed E-state index contributed by atoms with van der Waals surface area (Å²) in [4.78, 5) is 18.9. The largest absolute Gasteiger partial charge is 0.497 e. The number of ether oxygens (including phenoxy) is 2. The zero-order chi connectivity index (χ0) is 16.8. The van der Waals surface area contributed by atoms with Crippen molar-refractivity contribution in [1.29, 1.82) is 0 Å². The molecule has 0 saturated carbocycles. The van der Waals surface area contributed by atoms with Crippen molar-refractivity contribution in [2.24, 2.45) is 0 Å². The van der Waals surface area contributed by atoms with E-state index in [-0.39, 0.29) is 5.91 Å². The Bertz CT molecular complexity index is 682. The van der Waals surface area contributed by atoms with Crippen LogP contribution in [0.2, 0.25) is 0 Å². The number of aromatic nitrogens is 1. The van der Waals surface area contributed by atoms with Gasteiger partial charge in [-0.2, -0.15) is 0 Å². The summed E-state index contributed by atoms with van der Waals surface area (Å²) in [5.41, 5.74) is 1.43. The molecule has 1 aliphatic rings. The molecule has 3 rings (SSSR count). The maximum atomic E-state index is 12.3. The van der Waals surface area contributed by atoms with Gasteiger partial charge in [0.2, 0.25) is 0 Å². The number of rotatable bonds is 5. The van der Waals surface area contributed by atoms with E-state index in [4.69, 9.17) is 9.47 Å². The van der Waals surface area contributed by atoms with E-state index in [0.29, 0.717) is 25.5 Å². The molecule has 2 aromatic rings. The van der Waals surface area contributed by atoms with Gasteiger partial charge in [0.15, 0.2) is 0 Å². The number of methoxy groups -OCH3 is 1. The Morgan fingerprint density at radius 2 is 1.96 bits per heavy atom. The molecule has 0 bridgehead atoms. The maximum Gasteiger partial charge on any atom is 0.270 e. The number of nitrogens with one attached hydrogen (secondary N) is 1. The van der Waals surface area contributed by atoms with Gasteiger partial charge in [0, 0.05) is 19.6 Å². The lowest BCUT2D eigenvalue weighted by Crippen LogP contribution is -2.37. The van der Waals surface area contributed by atoms with Crippen molar-refractivity contribution in [1.82, 2.24) is 10.3 Å². The van der Waals surface area contributed by atoms with Crippen molar-refractivity contribution >= 4 is 11.7 Å². The second-order valence-corrected chi connectivity index (χ2v) is 5.51. The van der Waals surface area contributed by atoms with Gasteiger partial charge in [-0.05, 0) is 29.8 Å². The molecule has 6 nitrogen and oxygen atoms in total. The number of carbonyl (C=O) groups excluding carboxylic acids is 1. The minimum atomic E-state index is -0.180. The highest BCUT2D eigenvalue weighted by Gasteiger charge is 2.14. The molecule has 126 valence electrons. The molecular formula is C18H21N3O3. The molecule has 1 aromatic carbocycles. The van der Waals surface area contributed by atoms with Crippen LogP contribution in [0, 0.1) is 0 Å². The Labute approximate surface area is 141 Å². The second-order valence-electron chi connectivity index (χ2n) is 5.51. The van der Waals surface area contributed by atoms with Crippen LogP contribution in [-0.4, -0.2) is 44.3 Å². The van der Waals surface area contributed by atoms with Crippen LogP contribution in [0.15, 0.2) is 42.5 Å². The molecule has 24 heavy (non-hydrogen) atoms. The summed E-state index contributed by atoms with van der Waals surface area (Å²) in [6, 6.07) is 13.1. The highest BCUT2D eigenvalue weighted by molar-refractivity contribution is 5.92. The molecule has 0 unspecified atom stereocenters. The first-order valence-corrected chi connectivity index (χ1v) is 7.97. The lowest BCUT2D eigenvalue weighted by molar-refractivity contribution is 0.0946. The van der Waals surface area contributed by atoms with Crippen LogP contribution in [0.1, 0.15) is 16.1 Å². The summed E-state index contributed by atoms with van der Waals surface area (Å²) in [7, 11) is 1.63. The van der Waals surface area contributed by atoms with E-state index < -0.39 is 0 Å². The summed E-state index contributed by atoms with van der Waals surface area (Å²) in [5, 5.41) is 2.90. The molecule has 0 spiro atoms. The third-order valence-corrected chi connectivity index (χ3v) is 3.91. The summed E-state index contributed by atoms with van der Waals surface area (Å²) in [6.07, 6.45) is 0. The number of hydrogen-bond donors (Lipinski definition) is 1. The van der Waals surface area contributed by atoms with E-state index in [1.807, 2.05) is 36.4 Å². The van der Waals surface area contributed by atoms with E-state index in [1.54, 1.807) is 13.2 Å². The summed E-state index contributed by atoms with van der Waals surface area (Å²) < 4.78 is 10.5. The van der Waals surface area contributed by atoms with E-state index in [0.717, 1.165) is 30.2 Å². The smallest absolute Gasteiger partial charge is 0.270 e. The van der Waals surface area contributed by atoms with Crippen molar-refractivity contribution < 1.29 is 14.3 Å². The zero-order valence-corrected chi connectivity index (χ0v) is 13.7. The molecule has 0 atom stereocenters.